The standard InChI is InChI=1S/C22H18BrClN4O/c23-15-7-8-19-18(14-15)25-21(20-6-3-9-28(19)20)26-10-12-27(13-11-26)22(29)16-4-1-2-5-17(16)24/h1-9,14H,10-13H2. The highest BCUT2D eigenvalue weighted by molar-refractivity contribution is 9.10. The van der Waals surface area contributed by atoms with Gasteiger partial charge < -0.3 is 14.2 Å². The van der Waals surface area contributed by atoms with Gasteiger partial charge in [-0.25, -0.2) is 4.98 Å². The SMILES string of the molecule is O=C(c1ccccc1Cl)N1CCN(c2nc3cc(Br)ccc3n3cccc23)CC1. The quantitative estimate of drug-likeness (QED) is 0.421. The first-order valence-corrected chi connectivity index (χ1v) is 10.6. The Balaban J connectivity index is 1.43. The van der Waals surface area contributed by atoms with Crippen molar-refractivity contribution in [3.63, 3.8) is 0 Å². The summed E-state index contributed by atoms with van der Waals surface area (Å²) in [4.78, 5) is 21.9. The van der Waals surface area contributed by atoms with Gasteiger partial charge in [-0.1, -0.05) is 39.7 Å². The van der Waals surface area contributed by atoms with Crippen LogP contribution in [-0.4, -0.2) is 46.4 Å². The summed E-state index contributed by atoms with van der Waals surface area (Å²) in [5.74, 6) is 0.934. The highest BCUT2D eigenvalue weighted by atomic mass is 79.9. The number of carbonyl (C=O) groups is 1. The molecule has 2 aromatic heterocycles. The van der Waals surface area contributed by atoms with Gasteiger partial charge in [0.1, 0.15) is 0 Å². The minimum Gasteiger partial charge on any atom is -0.351 e. The lowest BCUT2D eigenvalue weighted by atomic mass is 10.1. The molecular weight excluding hydrogens is 452 g/mol. The lowest BCUT2D eigenvalue weighted by molar-refractivity contribution is 0.0747. The number of hydrogen-bond donors (Lipinski definition) is 0. The monoisotopic (exact) mass is 468 g/mol. The molecular formula is C22H18BrClN4O. The molecule has 5 nitrogen and oxygen atoms in total. The molecule has 1 saturated heterocycles. The molecule has 0 unspecified atom stereocenters. The highest BCUT2D eigenvalue weighted by Crippen LogP contribution is 2.28. The molecule has 0 radical (unpaired) electrons. The van der Waals surface area contributed by atoms with E-state index in [1.54, 1.807) is 12.1 Å². The van der Waals surface area contributed by atoms with Crippen LogP contribution in [0.5, 0.6) is 0 Å². The zero-order chi connectivity index (χ0) is 20.0. The average Bonchev–Trinajstić information content (AvgIpc) is 3.23. The molecule has 2 aromatic carbocycles. The van der Waals surface area contributed by atoms with Gasteiger partial charge in [-0.2, -0.15) is 0 Å². The van der Waals surface area contributed by atoms with E-state index in [9.17, 15) is 4.79 Å². The molecule has 3 heterocycles. The highest BCUT2D eigenvalue weighted by Gasteiger charge is 2.25. The van der Waals surface area contributed by atoms with Crippen LogP contribution in [0.1, 0.15) is 10.4 Å². The molecule has 0 atom stereocenters. The molecule has 5 rings (SSSR count). The van der Waals surface area contributed by atoms with Crippen molar-refractivity contribution < 1.29 is 4.79 Å². The van der Waals surface area contributed by atoms with E-state index in [4.69, 9.17) is 16.6 Å². The number of fused-ring (bicyclic) bond motifs is 3. The summed E-state index contributed by atoms with van der Waals surface area (Å²) >= 11 is 9.75. The van der Waals surface area contributed by atoms with Crippen LogP contribution in [0.25, 0.3) is 16.6 Å². The fourth-order valence-electron chi connectivity index (χ4n) is 3.89. The second-order valence-corrected chi connectivity index (χ2v) is 8.41. The fraction of sp³-hybridized carbons (Fsp3) is 0.182. The number of hydrogen-bond acceptors (Lipinski definition) is 3. The molecule has 1 fully saturated rings. The normalized spacial score (nSPS) is 14.7. The van der Waals surface area contributed by atoms with Crippen LogP contribution < -0.4 is 4.90 Å². The van der Waals surface area contributed by atoms with Crippen molar-refractivity contribution in [2.24, 2.45) is 0 Å². The average molecular weight is 470 g/mol. The first kappa shape index (κ1) is 18.5. The topological polar surface area (TPSA) is 40.9 Å². The second-order valence-electron chi connectivity index (χ2n) is 7.09. The molecule has 7 heteroatoms. The zero-order valence-electron chi connectivity index (χ0n) is 15.6. The van der Waals surface area contributed by atoms with Crippen LogP contribution in [0.15, 0.2) is 65.3 Å². The third-order valence-corrected chi connectivity index (χ3v) is 6.19. The lowest BCUT2D eigenvalue weighted by Gasteiger charge is -2.36. The van der Waals surface area contributed by atoms with E-state index in [1.807, 2.05) is 35.2 Å². The van der Waals surface area contributed by atoms with Crippen LogP contribution in [0.2, 0.25) is 5.02 Å². The summed E-state index contributed by atoms with van der Waals surface area (Å²) in [6, 6.07) is 17.5. The van der Waals surface area contributed by atoms with Gasteiger partial charge in [0.05, 0.1) is 27.1 Å². The van der Waals surface area contributed by atoms with Gasteiger partial charge in [0.2, 0.25) is 0 Å². The van der Waals surface area contributed by atoms with Gasteiger partial charge >= 0.3 is 0 Å². The number of nitrogens with zero attached hydrogens (tertiary/aromatic N) is 4. The summed E-state index contributed by atoms with van der Waals surface area (Å²) in [5, 5.41) is 0.497. The van der Waals surface area contributed by atoms with Crippen molar-refractivity contribution >= 4 is 55.8 Å². The summed E-state index contributed by atoms with van der Waals surface area (Å²) < 4.78 is 3.18. The minimum absolute atomic E-state index is 0.0153. The van der Waals surface area contributed by atoms with Crippen molar-refractivity contribution in [2.45, 2.75) is 0 Å². The Morgan fingerprint density at radius 2 is 1.76 bits per heavy atom. The van der Waals surface area contributed by atoms with Gasteiger partial charge in [-0.3, -0.25) is 4.79 Å². The first-order chi connectivity index (χ1) is 14.1. The molecule has 0 bridgehead atoms. The Morgan fingerprint density at radius 1 is 0.966 bits per heavy atom. The van der Waals surface area contributed by atoms with Crippen molar-refractivity contribution in [2.75, 3.05) is 31.1 Å². The summed E-state index contributed by atoms with van der Waals surface area (Å²) in [6.07, 6.45) is 2.06. The zero-order valence-corrected chi connectivity index (χ0v) is 17.9. The summed E-state index contributed by atoms with van der Waals surface area (Å²) in [6.45, 7) is 2.72. The van der Waals surface area contributed by atoms with Crippen LogP contribution in [0, 0.1) is 0 Å². The number of aromatic nitrogens is 2. The Morgan fingerprint density at radius 3 is 2.55 bits per heavy atom. The second kappa shape index (κ2) is 7.35. The molecule has 0 N–H and O–H groups in total. The maximum Gasteiger partial charge on any atom is 0.255 e. The largest absolute Gasteiger partial charge is 0.351 e. The van der Waals surface area contributed by atoms with Crippen molar-refractivity contribution in [3.05, 3.63) is 75.9 Å². The van der Waals surface area contributed by atoms with Crippen LogP contribution in [0.3, 0.4) is 0 Å². The van der Waals surface area contributed by atoms with Gasteiger partial charge in [0.25, 0.3) is 5.91 Å². The Hall–Kier alpha value is -2.57. The maximum absolute atomic E-state index is 12.8. The van der Waals surface area contributed by atoms with Crippen molar-refractivity contribution in [3.8, 4) is 0 Å². The van der Waals surface area contributed by atoms with Gasteiger partial charge in [-0.05, 0) is 42.5 Å². The minimum atomic E-state index is -0.0153. The van der Waals surface area contributed by atoms with Gasteiger partial charge in [0.15, 0.2) is 5.82 Å². The Kier molecular flexibility index (Phi) is 4.68. The maximum atomic E-state index is 12.8. The molecule has 146 valence electrons. The van der Waals surface area contributed by atoms with E-state index in [0.717, 1.165) is 39.9 Å². The van der Waals surface area contributed by atoms with E-state index < -0.39 is 0 Å². The molecule has 1 aliphatic rings. The van der Waals surface area contributed by atoms with Crippen molar-refractivity contribution in [1.29, 1.82) is 0 Å². The lowest BCUT2D eigenvalue weighted by Crippen LogP contribution is -2.49. The third kappa shape index (κ3) is 3.26. The van der Waals surface area contributed by atoms with Crippen LogP contribution in [0.4, 0.5) is 5.82 Å². The fourth-order valence-corrected chi connectivity index (χ4v) is 4.46. The van der Waals surface area contributed by atoms with E-state index >= 15 is 0 Å². The smallest absolute Gasteiger partial charge is 0.255 e. The van der Waals surface area contributed by atoms with Crippen molar-refractivity contribution in [1.82, 2.24) is 14.3 Å². The molecule has 0 aliphatic carbocycles. The number of amides is 1. The van der Waals surface area contributed by atoms with Gasteiger partial charge in [0, 0.05) is 36.8 Å². The number of benzene rings is 2. The van der Waals surface area contributed by atoms with E-state index in [0.29, 0.717) is 23.7 Å². The predicted molar refractivity (Wildman–Crippen MR) is 120 cm³/mol. The Labute approximate surface area is 181 Å². The Bertz CT molecular complexity index is 1230. The molecule has 1 aliphatic heterocycles. The summed E-state index contributed by atoms with van der Waals surface area (Å²) in [5.41, 5.74) is 3.65. The van der Waals surface area contributed by atoms with E-state index in [-0.39, 0.29) is 5.91 Å². The van der Waals surface area contributed by atoms with Crippen LogP contribution >= 0.6 is 27.5 Å². The molecule has 1 amide bonds. The molecule has 4 aromatic rings. The predicted octanol–water partition coefficient (Wildman–Crippen LogP) is 4.87. The van der Waals surface area contributed by atoms with E-state index in [1.165, 1.54) is 0 Å². The number of anilines is 1. The molecule has 0 spiro atoms. The van der Waals surface area contributed by atoms with Crippen LogP contribution in [-0.2, 0) is 0 Å². The number of halogens is 2. The number of piperazine rings is 1. The summed E-state index contributed by atoms with van der Waals surface area (Å²) in [7, 11) is 0. The number of carbonyl (C=O) groups excluding carboxylic acids is 1. The molecule has 0 saturated carbocycles. The first-order valence-electron chi connectivity index (χ1n) is 9.47. The number of rotatable bonds is 2. The van der Waals surface area contributed by atoms with E-state index in [2.05, 4.69) is 43.6 Å². The molecule has 29 heavy (non-hydrogen) atoms. The third-order valence-electron chi connectivity index (χ3n) is 5.37. The van der Waals surface area contributed by atoms with Gasteiger partial charge in [-0.15, -0.1) is 0 Å².